The number of hydrogen-bond donors (Lipinski definition) is 3. The van der Waals surface area contributed by atoms with Crippen molar-refractivity contribution in [2.45, 2.75) is 0 Å². The van der Waals surface area contributed by atoms with Gasteiger partial charge in [-0.1, -0.05) is 23.8 Å². The number of aliphatic hydroxyl groups excluding tert-OH is 1. The molecule has 1 heterocycles. The molecule has 0 aliphatic rings. The first-order valence-electron chi connectivity index (χ1n) is 7.26. The summed E-state index contributed by atoms with van der Waals surface area (Å²) in [5, 5.41) is 13.0. The third-order valence-electron chi connectivity index (χ3n) is 3.50. The summed E-state index contributed by atoms with van der Waals surface area (Å²) in [4.78, 5) is 4.39. The maximum Gasteiger partial charge on any atom is 0.141 e. The van der Waals surface area contributed by atoms with Gasteiger partial charge in [0.25, 0.3) is 0 Å². The molecule has 0 aliphatic heterocycles. The third kappa shape index (κ3) is 3.32. The van der Waals surface area contributed by atoms with E-state index >= 15 is 0 Å². The minimum atomic E-state index is -0.470. The van der Waals surface area contributed by atoms with E-state index in [2.05, 4.69) is 10.3 Å². The lowest BCUT2D eigenvalue weighted by Crippen LogP contribution is -1.96. The second kappa shape index (κ2) is 6.86. The highest BCUT2D eigenvalue weighted by Gasteiger charge is 2.08. The molecule has 1 aromatic heterocycles. The summed E-state index contributed by atoms with van der Waals surface area (Å²) in [5.74, 6) is -0.470. The van der Waals surface area contributed by atoms with E-state index < -0.39 is 5.82 Å². The van der Waals surface area contributed by atoms with Gasteiger partial charge < -0.3 is 16.2 Å². The van der Waals surface area contributed by atoms with Crippen LogP contribution < -0.4 is 11.1 Å². The van der Waals surface area contributed by atoms with Crippen LogP contribution in [-0.2, 0) is 0 Å². The standard InChI is InChI=1S/C18H15ClFN3O/c19-15-10-13(3-4-16(15)20)23-17-5-6-22-18-11(2-1-7-24)8-12(21)9-14(17)18/h1-6,8-10,24H,7,21H2,(H,22,23)/b2-1+. The molecule has 0 bridgehead atoms. The van der Waals surface area contributed by atoms with Gasteiger partial charge in [0.15, 0.2) is 0 Å². The number of aliphatic hydroxyl groups is 1. The Balaban J connectivity index is 2.09. The fourth-order valence-corrected chi connectivity index (χ4v) is 2.63. The van der Waals surface area contributed by atoms with Crippen LogP contribution >= 0.6 is 11.6 Å². The first kappa shape index (κ1) is 16.2. The van der Waals surface area contributed by atoms with Gasteiger partial charge >= 0.3 is 0 Å². The van der Waals surface area contributed by atoms with Crippen molar-refractivity contribution in [3.05, 3.63) is 65.1 Å². The Kier molecular flexibility index (Phi) is 4.64. The van der Waals surface area contributed by atoms with Gasteiger partial charge in [-0.3, -0.25) is 4.98 Å². The van der Waals surface area contributed by atoms with Crippen LogP contribution in [0.1, 0.15) is 5.56 Å². The van der Waals surface area contributed by atoms with Gasteiger partial charge in [0.2, 0.25) is 0 Å². The zero-order chi connectivity index (χ0) is 17.1. The second-order valence-corrected chi connectivity index (χ2v) is 5.61. The van der Waals surface area contributed by atoms with Crippen LogP contribution in [0.3, 0.4) is 0 Å². The summed E-state index contributed by atoms with van der Waals surface area (Å²) in [6.45, 7) is -0.0672. The first-order valence-corrected chi connectivity index (χ1v) is 7.64. The van der Waals surface area contributed by atoms with E-state index in [-0.39, 0.29) is 11.6 Å². The third-order valence-corrected chi connectivity index (χ3v) is 3.79. The van der Waals surface area contributed by atoms with Gasteiger partial charge in [-0.2, -0.15) is 0 Å². The minimum Gasteiger partial charge on any atom is -0.399 e. The molecule has 0 unspecified atom stereocenters. The molecule has 122 valence electrons. The van der Waals surface area contributed by atoms with E-state index in [1.54, 1.807) is 36.5 Å². The van der Waals surface area contributed by atoms with Crippen LogP contribution in [0.5, 0.6) is 0 Å². The molecule has 6 heteroatoms. The number of hydrogen-bond acceptors (Lipinski definition) is 4. The normalized spacial score (nSPS) is 11.3. The quantitative estimate of drug-likeness (QED) is 0.615. The Hall–Kier alpha value is -2.63. The van der Waals surface area contributed by atoms with Gasteiger partial charge in [-0.05, 0) is 36.4 Å². The van der Waals surface area contributed by atoms with Crippen LogP contribution in [0, 0.1) is 5.82 Å². The Morgan fingerprint density at radius 2 is 2.08 bits per heavy atom. The molecule has 3 rings (SSSR count). The highest BCUT2D eigenvalue weighted by molar-refractivity contribution is 6.31. The van der Waals surface area contributed by atoms with Crippen LogP contribution in [0.2, 0.25) is 5.02 Å². The lowest BCUT2D eigenvalue weighted by Gasteiger charge is -2.12. The number of nitrogen functional groups attached to an aromatic ring is 1. The number of rotatable bonds is 4. The Morgan fingerprint density at radius 1 is 1.25 bits per heavy atom. The summed E-state index contributed by atoms with van der Waals surface area (Å²) < 4.78 is 13.3. The van der Waals surface area contributed by atoms with Gasteiger partial charge in [0, 0.05) is 34.2 Å². The van der Waals surface area contributed by atoms with E-state index in [0.29, 0.717) is 11.4 Å². The van der Waals surface area contributed by atoms with E-state index in [0.717, 1.165) is 22.2 Å². The number of aromatic nitrogens is 1. The van der Waals surface area contributed by atoms with E-state index in [4.69, 9.17) is 22.4 Å². The molecule has 0 saturated carbocycles. The number of nitrogens with one attached hydrogen (secondary N) is 1. The largest absolute Gasteiger partial charge is 0.399 e. The van der Waals surface area contributed by atoms with Crippen molar-refractivity contribution in [1.29, 1.82) is 0 Å². The Labute approximate surface area is 143 Å². The SMILES string of the molecule is Nc1cc(/C=C/CO)c2nccc(Nc3ccc(F)c(Cl)c3)c2c1. The number of benzene rings is 2. The van der Waals surface area contributed by atoms with E-state index in [1.807, 2.05) is 6.07 Å². The molecule has 0 atom stereocenters. The molecule has 4 N–H and O–H groups in total. The summed E-state index contributed by atoms with van der Waals surface area (Å²) in [6.07, 6.45) is 5.06. The molecular weight excluding hydrogens is 329 g/mol. The monoisotopic (exact) mass is 343 g/mol. The maximum atomic E-state index is 13.3. The van der Waals surface area contributed by atoms with Gasteiger partial charge in [0.05, 0.1) is 17.1 Å². The van der Waals surface area contributed by atoms with E-state index in [9.17, 15) is 4.39 Å². The zero-order valence-corrected chi connectivity index (χ0v) is 13.4. The maximum absolute atomic E-state index is 13.3. The number of fused-ring (bicyclic) bond motifs is 1. The minimum absolute atomic E-state index is 0.0458. The van der Waals surface area contributed by atoms with Crippen molar-refractivity contribution in [3.63, 3.8) is 0 Å². The molecule has 2 aromatic carbocycles. The predicted molar refractivity (Wildman–Crippen MR) is 97.0 cm³/mol. The fourth-order valence-electron chi connectivity index (χ4n) is 2.45. The second-order valence-electron chi connectivity index (χ2n) is 5.20. The summed E-state index contributed by atoms with van der Waals surface area (Å²) >= 11 is 5.83. The smallest absolute Gasteiger partial charge is 0.141 e. The highest BCUT2D eigenvalue weighted by atomic mass is 35.5. The average Bonchev–Trinajstić information content (AvgIpc) is 2.56. The molecule has 0 aliphatic carbocycles. The van der Waals surface area contributed by atoms with Crippen molar-refractivity contribution >= 4 is 45.6 Å². The number of anilines is 3. The van der Waals surface area contributed by atoms with Crippen LogP contribution in [-0.4, -0.2) is 16.7 Å². The lowest BCUT2D eigenvalue weighted by molar-refractivity contribution is 0.343. The van der Waals surface area contributed by atoms with Crippen molar-refractivity contribution in [1.82, 2.24) is 4.98 Å². The molecular formula is C18H15ClFN3O. The first-order chi connectivity index (χ1) is 11.6. The molecule has 0 spiro atoms. The lowest BCUT2D eigenvalue weighted by atomic mass is 10.1. The molecule has 0 fully saturated rings. The molecule has 3 aromatic rings. The molecule has 24 heavy (non-hydrogen) atoms. The van der Waals surface area contributed by atoms with Crippen molar-refractivity contribution < 1.29 is 9.50 Å². The Morgan fingerprint density at radius 3 is 2.83 bits per heavy atom. The van der Waals surface area contributed by atoms with Crippen LogP contribution in [0.15, 0.2) is 48.7 Å². The summed E-state index contributed by atoms with van der Waals surface area (Å²) in [7, 11) is 0. The summed E-state index contributed by atoms with van der Waals surface area (Å²) in [6, 6.07) is 9.83. The predicted octanol–water partition coefficient (Wildman–Crippen LogP) is 4.36. The van der Waals surface area contributed by atoms with Gasteiger partial charge in [-0.25, -0.2) is 4.39 Å². The van der Waals surface area contributed by atoms with Gasteiger partial charge in [-0.15, -0.1) is 0 Å². The van der Waals surface area contributed by atoms with Crippen molar-refractivity contribution in [2.75, 3.05) is 17.7 Å². The Bertz CT molecular complexity index is 928. The van der Waals surface area contributed by atoms with Gasteiger partial charge in [0.1, 0.15) is 5.82 Å². The number of halogens is 2. The van der Waals surface area contributed by atoms with E-state index in [1.165, 1.54) is 12.1 Å². The van der Waals surface area contributed by atoms with Crippen molar-refractivity contribution in [2.24, 2.45) is 0 Å². The van der Waals surface area contributed by atoms with Crippen molar-refractivity contribution in [3.8, 4) is 0 Å². The fraction of sp³-hybridized carbons (Fsp3) is 0.0556. The number of nitrogens with two attached hydrogens (primary N) is 1. The molecule has 4 nitrogen and oxygen atoms in total. The molecule has 0 radical (unpaired) electrons. The number of nitrogens with zero attached hydrogens (tertiary/aromatic N) is 1. The van der Waals surface area contributed by atoms with Crippen LogP contribution in [0.25, 0.3) is 17.0 Å². The zero-order valence-electron chi connectivity index (χ0n) is 12.6. The van der Waals surface area contributed by atoms with Crippen LogP contribution in [0.4, 0.5) is 21.5 Å². The average molecular weight is 344 g/mol. The number of pyridine rings is 1. The topological polar surface area (TPSA) is 71.2 Å². The summed E-state index contributed by atoms with van der Waals surface area (Å²) in [5.41, 5.74) is 9.53. The highest BCUT2D eigenvalue weighted by Crippen LogP contribution is 2.31. The molecule has 0 saturated heterocycles. The molecule has 0 amide bonds.